The molecule has 3 amide bonds. The van der Waals surface area contributed by atoms with Crippen LogP contribution in [0.15, 0.2) is 100 Å². The average molecular weight is 1760 g/mol. The molecule has 1 unspecified atom stereocenters. The second-order valence-corrected chi connectivity index (χ2v) is 28.0. The van der Waals surface area contributed by atoms with Crippen molar-refractivity contribution < 1.29 is 94.7 Å². The van der Waals surface area contributed by atoms with Crippen LogP contribution in [0.5, 0.6) is 34.5 Å². The molecule has 2 aromatic heterocycles. The van der Waals surface area contributed by atoms with Crippen molar-refractivity contribution >= 4 is 90.5 Å². The van der Waals surface area contributed by atoms with E-state index in [0.717, 1.165) is 88.6 Å². The molecule has 542 valence electrons. The number of phenols is 4. The van der Waals surface area contributed by atoms with E-state index >= 15 is 0 Å². The van der Waals surface area contributed by atoms with Crippen molar-refractivity contribution in [2.24, 2.45) is 17.6 Å². The molecule has 25 nitrogen and oxygen atoms in total. The zero-order chi connectivity index (χ0) is 71.2. The number of aliphatic hydroxyl groups excluding tert-OH is 1. The van der Waals surface area contributed by atoms with Gasteiger partial charge < -0.3 is 91.0 Å². The maximum Gasteiger partial charge on any atom is 0.405 e. The smallest absolute Gasteiger partial charge is 0.405 e. The number of ether oxygens (including phenoxy) is 5. The van der Waals surface area contributed by atoms with Crippen molar-refractivity contribution in [3.05, 3.63) is 127 Å². The van der Waals surface area contributed by atoms with Crippen molar-refractivity contribution in [3.63, 3.8) is 0 Å². The van der Waals surface area contributed by atoms with Crippen LogP contribution in [0.1, 0.15) is 112 Å². The van der Waals surface area contributed by atoms with Crippen LogP contribution in [0, 0.1) is 46.5 Å². The van der Waals surface area contributed by atoms with Gasteiger partial charge in [0.25, 0.3) is 11.8 Å². The van der Waals surface area contributed by atoms with E-state index in [0.29, 0.717) is 71.3 Å². The molecule has 4 aromatic carbocycles. The Morgan fingerprint density at radius 1 is 0.920 bits per heavy atom. The van der Waals surface area contributed by atoms with Gasteiger partial charge in [-0.1, -0.05) is 95.8 Å². The van der Waals surface area contributed by atoms with Crippen molar-refractivity contribution in [2.75, 3.05) is 84.2 Å². The number of primary amides is 1. The van der Waals surface area contributed by atoms with Crippen molar-refractivity contribution in [2.45, 2.75) is 147 Å². The van der Waals surface area contributed by atoms with Gasteiger partial charge in [-0.05, 0) is 127 Å². The molecule has 12 N–H and O–H groups in total. The van der Waals surface area contributed by atoms with Gasteiger partial charge in [-0.3, -0.25) is 14.5 Å². The van der Waals surface area contributed by atoms with Crippen LogP contribution < -0.4 is 36.9 Å². The summed E-state index contributed by atoms with van der Waals surface area (Å²) in [4.78, 5) is 58.6. The molecule has 10 rings (SSSR count). The number of hydrogen-bond donors (Lipinski definition) is 10. The Bertz CT molecular complexity index is 3910. The first kappa shape index (κ1) is 82.5. The fraction of sp³-hybridized carbons (Fsp3) is 0.465. The molecular weight excluding hydrogens is 1660 g/mol. The second kappa shape index (κ2) is 38.2. The Morgan fingerprint density at radius 3 is 2.28 bits per heavy atom. The summed E-state index contributed by atoms with van der Waals surface area (Å²) in [6.07, 6.45) is 5.56. The van der Waals surface area contributed by atoms with E-state index in [1.807, 2.05) is 39.8 Å². The number of nitrogens with two attached hydrogens (primary N) is 2. The second-order valence-electron chi connectivity index (χ2n) is 25.8. The molecule has 2 bridgehead atoms. The van der Waals surface area contributed by atoms with E-state index in [2.05, 4.69) is 102 Å². The Hall–Kier alpha value is -6.42. The number of benzene rings is 4. The number of nitrogens with one attached hydrogen (secondary N) is 3. The molecule has 100 heavy (non-hydrogen) atoms. The molecule has 4 aliphatic heterocycles. The minimum atomic E-state index is -0.986. The number of halogens is 1. The number of aromatic hydroxyl groups is 4. The van der Waals surface area contributed by atoms with E-state index in [-0.39, 0.29) is 99.8 Å². The van der Waals surface area contributed by atoms with E-state index in [9.17, 15) is 39.9 Å². The fourth-order valence-corrected chi connectivity index (χ4v) is 13.9. The van der Waals surface area contributed by atoms with Gasteiger partial charge in [0, 0.05) is 148 Å². The van der Waals surface area contributed by atoms with Crippen molar-refractivity contribution in [1.29, 1.82) is 0 Å². The number of rotatable bonds is 15. The van der Waals surface area contributed by atoms with Crippen LogP contribution in [0.2, 0.25) is 0 Å². The maximum atomic E-state index is 13.1. The summed E-state index contributed by atoms with van der Waals surface area (Å²) < 4.78 is 30.7. The minimum absolute atomic E-state index is 0. The maximum absolute atomic E-state index is 13.1. The van der Waals surface area contributed by atoms with Gasteiger partial charge >= 0.3 is 6.09 Å². The summed E-state index contributed by atoms with van der Waals surface area (Å²) in [7, 11) is 6.75. The van der Waals surface area contributed by atoms with E-state index in [1.165, 1.54) is 49.9 Å². The number of amides is 3. The average Bonchev–Trinajstić information content (AvgIpc) is 1.45. The zero-order valence-electron chi connectivity index (χ0n) is 59.1. The number of piperazine rings is 1. The molecular formula is C71H98IN12O13PSU. The number of allylic oxidation sites excluding steroid dienone is 2. The first-order valence-electron chi connectivity index (χ1n) is 32.8. The number of aromatic nitrogens is 4. The monoisotopic (exact) mass is 1750 g/mol. The number of likely N-dealkylation sites (N-methyl/N-ethyl adjacent to an activating group) is 1. The summed E-state index contributed by atoms with van der Waals surface area (Å²) in [5.41, 5.74) is 19.0. The molecule has 4 aliphatic rings. The number of hydrogen-bond acceptors (Lipinski definition) is 22. The van der Waals surface area contributed by atoms with Crippen molar-refractivity contribution in [1.82, 2.24) is 39.5 Å². The summed E-state index contributed by atoms with van der Waals surface area (Å²) in [6, 6.07) is 15.1. The normalized spacial score (nSPS) is 21.0. The zero-order valence-corrected chi connectivity index (χ0v) is 67.6. The number of fused-ring (bicyclic) bond motifs is 5. The fourth-order valence-electron chi connectivity index (χ4n) is 12.2. The number of carbonyl (C=O) groups excluding carboxylic acids is 3. The van der Waals surface area contributed by atoms with E-state index < -0.39 is 42.3 Å². The first-order valence-corrected chi connectivity index (χ1v) is 34.7. The van der Waals surface area contributed by atoms with E-state index in [4.69, 9.17) is 40.1 Å². The Morgan fingerprint density at radius 2 is 1.62 bits per heavy atom. The number of carbonyl (C=O) groups is 3. The summed E-state index contributed by atoms with van der Waals surface area (Å²) in [6.45, 7) is 23.6. The first-order chi connectivity index (χ1) is 46.7. The van der Waals surface area contributed by atoms with Gasteiger partial charge in [-0.2, -0.15) is 9.90 Å². The van der Waals surface area contributed by atoms with Gasteiger partial charge in [0.2, 0.25) is 6.79 Å². The van der Waals surface area contributed by atoms with Gasteiger partial charge in [-0.25, -0.2) is 19.7 Å². The molecule has 6 heterocycles. The van der Waals surface area contributed by atoms with Crippen LogP contribution in [-0.2, 0) is 51.6 Å². The van der Waals surface area contributed by atoms with Crippen LogP contribution in [0.4, 0.5) is 22.0 Å². The number of nitrogen functional groups attached to an aromatic ring is 1. The van der Waals surface area contributed by atoms with Crippen LogP contribution in [0.25, 0.3) is 11.2 Å². The van der Waals surface area contributed by atoms with Crippen LogP contribution in [0.3, 0.4) is 0 Å². The van der Waals surface area contributed by atoms with Crippen LogP contribution >= 0.6 is 44.3 Å². The number of anilines is 3. The standard InChI is InChI=1S/C29H43N3O8.C24H31N3O3.C18H21IN6O2S.H3P.U/c1-15-11-19-24(31-5)21(33)14-20(26(19)35)32-28(36)16(2)9-8-10-22(38-6)27(40-29(30)37)18(4)13-17(3)25(34)23(12-15)39-7;1-16(2)20-11-21(23(29)12-22(20)28)24(30)27-14-18-5-4-17(10-19(18)15-27)13-26-8-6-25(3)7-9-26;1-10(2)21-4-3-5-25-17-15(16(20)22-8-23-17)24-18(25)28-14-7-13-12(6-11(14)19)26-9-27-13;;/h8-10,13-15,17,22-23,25,27,31,33-35H,11-12H2,1-7H3,(H2,30,37)(H,32,36);4-5,10-12,16,28-29H,6-9,13-15H2,1-3H3;6-8,10,21H,3-5,9H2,1-2H3,(H2,20,22,23);1H3;/b10-8-,16-9+,18-13+;;;;/t15-,17+,22+,23+,25-,27+;;;;/m1..../s1. The Labute approximate surface area is 630 Å². The third kappa shape index (κ3) is 21.4. The van der Waals surface area contributed by atoms with E-state index in [1.54, 1.807) is 61.9 Å². The molecule has 7 atom stereocenters. The molecule has 6 aromatic rings. The molecule has 29 heteroatoms. The molecule has 1 fully saturated rings. The topological polar surface area (TPSA) is 340 Å². The number of imidazole rings is 1. The third-order valence-electron chi connectivity index (χ3n) is 17.6. The van der Waals surface area contributed by atoms with Crippen LogP contribution in [-0.4, -0.2) is 176 Å². The van der Waals surface area contributed by atoms with Gasteiger partial charge in [0.1, 0.15) is 35.4 Å². The molecule has 0 aliphatic carbocycles. The van der Waals surface area contributed by atoms with Crippen molar-refractivity contribution in [3.8, 4) is 34.5 Å². The summed E-state index contributed by atoms with van der Waals surface area (Å²) in [5, 5.41) is 63.1. The number of nitrogens with zero attached hydrogens (tertiary/aromatic N) is 7. The van der Waals surface area contributed by atoms with Gasteiger partial charge in [0.05, 0.1) is 29.1 Å². The third-order valence-corrected chi connectivity index (χ3v) is 19.9. The molecule has 1 saturated heterocycles. The largest absolute Gasteiger partial charge is 0.508 e. The summed E-state index contributed by atoms with van der Waals surface area (Å²) in [5.74, 6) is 0.313. The summed E-state index contributed by atoms with van der Waals surface area (Å²) >= 11 is 3.87. The Balaban J connectivity index is 0.000000238. The van der Waals surface area contributed by atoms with Gasteiger partial charge in [-0.15, -0.1) is 0 Å². The predicted octanol–water partition coefficient (Wildman–Crippen LogP) is 10.1. The Kier molecular flexibility index (Phi) is 31.5. The minimum Gasteiger partial charge on any atom is -0.508 e. The number of aliphatic hydroxyl groups is 1. The number of methoxy groups -OCH3 is 2. The quantitative estimate of drug-likeness (QED) is 0.0114. The number of aryl methyl sites for hydroxylation is 1. The molecule has 0 spiro atoms. The molecule has 0 radical (unpaired) electrons. The van der Waals surface area contributed by atoms with Gasteiger partial charge in [0.15, 0.2) is 39.7 Å². The number of phenolic OH excluding ortho intramolecular Hbond substituents is 4. The molecule has 0 saturated carbocycles. The SMILES string of the molecule is CC(C)NCCCn1c(Sc2cc3c(cc2I)OCO3)nc2c(N)ncnc21.CC(C)c1cc(C(=O)N2Cc3ccc(CN4CCN(C)CC4)cc3C2)c(O)cc1O.CNc1c(O)cc2c(O)c1C[C@@H](C)C[C@H](OC)[C@H](O)[C@@H](C)/C=C(\C)[C@H](OC(N)=O)[C@@H](OC)/C=C\C=C(/C)C(=O)N2.P.[U]. The predicted molar refractivity (Wildman–Crippen MR) is 398 cm³/mol.